The van der Waals surface area contributed by atoms with E-state index in [-0.39, 0.29) is 36.2 Å². The Kier molecular flexibility index (Phi) is 5.44. The molecule has 0 saturated heterocycles. The monoisotopic (exact) mass is 367 g/mol. The summed E-state index contributed by atoms with van der Waals surface area (Å²) in [6, 6.07) is 7.00. The van der Waals surface area contributed by atoms with Gasteiger partial charge in [-0.15, -0.1) is 0 Å². The van der Waals surface area contributed by atoms with Crippen molar-refractivity contribution in [3.63, 3.8) is 0 Å². The number of nitrogens with one attached hydrogen (secondary N) is 1. The fourth-order valence-corrected chi connectivity index (χ4v) is 2.80. The average Bonchev–Trinajstić information content (AvgIpc) is 3.09. The summed E-state index contributed by atoms with van der Waals surface area (Å²) in [5.74, 6) is 0.378. The summed E-state index contributed by atoms with van der Waals surface area (Å²) in [5.41, 5.74) is 1.77. The van der Waals surface area contributed by atoms with E-state index in [1.807, 2.05) is 26.8 Å². The Morgan fingerprint density at radius 1 is 1.22 bits per heavy atom. The Balaban J connectivity index is 1.70. The average molecular weight is 367 g/mol. The first-order valence-corrected chi connectivity index (χ1v) is 8.70. The van der Waals surface area contributed by atoms with Gasteiger partial charge in [0.15, 0.2) is 0 Å². The maximum absolute atomic E-state index is 12.7. The van der Waals surface area contributed by atoms with Gasteiger partial charge in [-0.2, -0.15) is 4.98 Å². The van der Waals surface area contributed by atoms with Crippen LogP contribution in [0.1, 0.15) is 37.9 Å². The molecule has 0 bridgehead atoms. The van der Waals surface area contributed by atoms with Crippen molar-refractivity contribution in [3.05, 3.63) is 58.6 Å². The van der Waals surface area contributed by atoms with Crippen LogP contribution in [0.5, 0.6) is 0 Å². The number of rotatable bonds is 6. The number of nitrogens with zero attached hydrogens (tertiary/aromatic N) is 4. The fourth-order valence-electron chi connectivity index (χ4n) is 2.80. The maximum Gasteiger partial charge on any atom is 0.262 e. The summed E-state index contributed by atoms with van der Waals surface area (Å²) < 4.78 is 6.89. The topological polar surface area (TPSA) is 103 Å². The molecule has 3 aromatic heterocycles. The summed E-state index contributed by atoms with van der Waals surface area (Å²) in [7, 11) is 0. The van der Waals surface area contributed by atoms with Gasteiger partial charge in [0, 0.05) is 42.7 Å². The first kappa shape index (κ1) is 18.5. The molecule has 0 radical (unpaired) electrons. The quantitative estimate of drug-likeness (QED) is 0.718. The van der Waals surface area contributed by atoms with Crippen LogP contribution in [-0.4, -0.2) is 25.6 Å². The highest BCUT2D eigenvalue weighted by molar-refractivity contribution is 5.90. The lowest BCUT2D eigenvalue weighted by atomic mass is 10.2. The Morgan fingerprint density at radius 2 is 1.96 bits per heavy atom. The van der Waals surface area contributed by atoms with Gasteiger partial charge in [-0.1, -0.05) is 5.16 Å². The molecular weight excluding hydrogens is 346 g/mol. The molecule has 0 saturated carbocycles. The maximum atomic E-state index is 12.7. The summed E-state index contributed by atoms with van der Waals surface area (Å²) in [4.78, 5) is 32.8. The van der Waals surface area contributed by atoms with Crippen molar-refractivity contribution in [3.8, 4) is 11.4 Å². The van der Waals surface area contributed by atoms with Crippen LogP contribution in [0.4, 0.5) is 5.69 Å². The smallest absolute Gasteiger partial charge is 0.262 e. The molecule has 0 spiro atoms. The molecule has 140 valence electrons. The summed E-state index contributed by atoms with van der Waals surface area (Å²) in [6.07, 6.45) is 3.68. The molecule has 27 heavy (non-hydrogen) atoms. The highest BCUT2D eigenvalue weighted by Gasteiger charge is 2.16. The molecule has 0 fully saturated rings. The number of carbonyl (C=O) groups is 1. The number of amides is 1. The van der Waals surface area contributed by atoms with Crippen molar-refractivity contribution in [1.82, 2.24) is 19.7 Å². The van der Waals surface area contributed by atoms with E-state index in [2.05, 4.69) is 20.4 Å². The van der Waals surface area contributed by atoms with Gasteiger partial charge in [-0.05, 0) is 45.0 Å². The fraction of sp³-hybridized carbons (Fsp3) is 0.316. The molecule has 0 unspecified atom stereocenters. The zero-order valence-electron chi connectivity index (χ0n) is 15.5. The molecule has 3 heterocycles. The molecule has 0 aromatic carbocycles. The zero-order valence-corrected chi connectivity index (χ0v) is 15.5. The molecule has 8 heteroatoms. The third-order valence-corrected chi connectivity index (χ3v) is 4.08. The number of aromatic nitrogens is 4. The van der Waals surface area contributed by atoms with Crippen molar-refractivity contribution in [2.24, 2.45) is 0 Å². The zero-order chi connectivity index (χ0) is 19.4. The number of pyridine rings is 2. The van der Waals surface area contributed by atoms with E-state index in [4.69, 9.17) is 4.52 Å². The number of hydrogen-bond acceptors (Lipinski definition) is 6. The van der Waals surface area contributed by atoms with Crippen LogP contribution in [0.15, 0.2) is 46.0 Å². The second-order valence-corrected chi connectivity index (χ2v) is 6.45. The van der Waals surface area contributed by atoms with Crippen LogP contribution < -0.4 is 10.9 Å². The molecule has 8 nitrogen and oxygen atoms in total. The van der Waals surface area contributed by atoms with Gasteiger partial charge >= 0.3 is 0 Å². The van der Waals surface area contributed by atoms with E-state index in [1.165, 1.54) is 0 Å². The van der Waals surface area contributed by atoms with Crippen LogP contribution in [0, 0.1) is 6.92 Å². The van der Waals surface area contributed by atoms with Crippen molar-refractivity contribution >= 4 is 11.6 Å². The number of aryl methyl sites for hydroxylation is 2. The SMILES string of the molecule is Cc1ccc(-c2noc(CCC(=O)Nc3ccncc3)n2)c(=O)n1C(C)C. The number of hydrogen-bond donors (Lipinski definition) is 1. The van der Waals surface area contributed by atoms with Crippen LogP contribution in [0.25, 0.3) is 11.4 Å². The highest BCUT2D eigenvalue weighted by atomic mass is 16.5. The lowest BCUT2D eigenvalue weighted by molar-refractivity contribution is -0.116. The van der Waals surface area contributed by atoms with E-state index in [0.717, 1.165) is 5.69 Å². The minimum Gasteiger partial charge on any atom is -0.339 e. The van der Waals surface area contributed by atoms with Gasteiger partial charge in [0.25, 0.3) is 5.56 Å². The second kappa shape index (κ2) is 7.94. The molecule has 0 aliphatic rings. The minimum atomic E-state index is -0.168. The van der Waals surface area contributed by atoms with E-state index in [0.29, 0.717) is 17.1 Å². The molecule has 3 rings (SSSR count). The Bertz CT molecular complexity index is 992. The molecule has 0 aliphatic heterocycles. The molecule has 1 N–H and O–H groups in total. The number of carbonyl (C=O) groups excluding carboxylic acids is 1. The first-order valence-electron chi connectivity index (χ1n) is 8.70. The lowest BCUT2D eigenvalue weighted by Crippen LogP contribution is -2.25. The molecule has 1 amide bonds. The van der Waals surface area contributed by atoms with E-state index < -0.39 is 0 Å². The largest absolute Gasteiger partial charge is 0.339 e. The Morgan fingerprint density at radius 3 is 2.67 bits per heavy atom. The van der Waals surface area contributed by atoms with Gasteiger partial charge in [0.05, 0.1) is 5.56 Å². The van der Waals surface area contributed by atoms with Gasteiger partial charge in [-0.3, -0.25) is 14.6 Å². The molecule has 0 atom stereocenters. The third-order valence-electron chi connectivity index (χ3n) is 4.08. The van der Waals surface area contributed by atoms with E-state index >= 15 is 0 Å². The highest BCUT2D eigenvalue weighted by Crippen LogP contribution is 2.15. The van der Waals surface area contributed by atoms with Crippen molar-refractivity contribution in [2.45, 2.75) is 39.7 Å². The summed E-state index contributed by atoms with van der Waals surface area (Å²) >= 11 is 0. The lowest BCUT2D eigenvalue weighted by Gasteiger charge is -2.14. The van der Waals surface area contributed by atoms with Crippen molar-refractivity contribution in [2.75, 3.05) is 5.32 Å². The van der Waals surface area contributed by atoms with Gasteiger partial charge in [0.2, 0.25) is 17.6 Å². The summed E-state index contributed by atoms with van der Waals surface area (Å²) in [5, 5.41) is 6.66. The van der Waals surface area contributed by atoms with Crippen LogP contribution in [0.2, 0.25) is 0 Å². The van der Waals surface area contributed by atoms with Crippen LogP contribution in [0.3, 0.4) is 0 Å². The first-order chi connectivity index (χ1) is 13.0. The van der Waals surface area contributed by atoms with Gasteiger partial charge in [-0.25, -0.2) is 0 Å². The van der Waals surface area contributed by atoms with E-state index in [9.17, 15) is 9.59 Å². The molecule has 3 aromatic rings. The van der Waals surface area contributed by atoms with Gasteiger partial charge in [0.1, 0.15) is 0 Å². The standard InChI is InChI=1S/C19H21N5O3/c1-12(2)24-13(3)4-5-15(19(24)26)18-22-17(27-23-18)7-6-16(25)21-14-8-10-20-11-9-14/h4-5,8-12H,6-7H2,1-3H3,(H,20,21,25). The third kappa shape index (κ3) is 4.28. The van der Waals surface area contributed by atoms with Crippen molar-refractivity contribution in [1.29, 1.82) is 0 Å². The predicted octanol–water partition coefficient (Wildman–Crippen LogP) is 2.75. The number of anilines is 1. The summed E-state index contributed by atoms with van der Waals surface area (Å²) in [6.45, 7) is 5.77. The predicted molar refractivity (Wildman–Crippen MR) is 100 cm³/mol. The van der Waals surface area contributed by atoms with Crippen LogP contribution in [-0.2, 0) is 11.2 Å². The molecular formula is C19H21N5O3. The second-order valence-electron chi connectivity index (χ2n) is 6.45. The Hall–Kier alpha value is -3.29. The van der Waals surface area contributed by atoms with Crippen LogP contribution >= 0.6 is 0 Å². The van der Waals surface area contributed by atoms with E-state index in [1.54, 1.807) is 35.2 Å². The van der Waals surface area contributed by atoms with Crippen molar-refractivity contribution < 1.29 is 9.32 Å². The molecule has 0 aliphatic carbocycles. The van der Waals surface area contributed by atoms with Gasteiger partial charge < -0.3 is 14.4 Å². The minimum absolute atomic E-state index is 0.0284. The Labute approximate surface area is 156 Å². The normalized spacial score (nSPS) is 11.0.